The summed E-state index contributed by atoms with van der Waals surface area (Å²) >= 11 is 0. The van der Waals surface area contributed by atoms with Crippen LogP contribution < -0.4 is 10.1 Å². The fourth-order valence-corrected chi connectivity index (χ4v) is 4.22. The molecule has 1 aromatic heterocycles. The number of methoxy groups -OCH3 is 1. The highest BCUT2D eigenvalue weighted by atomic mass is 16.5. The molecule has 160 valence electrons. The molecule has 0 bridgehead atoms. The smallest absolute Gasteiger partial charge is 0.287 e. The molecule has 0 spiro atoms. The Morgan fingerprint density at radius 1 is 1.30 bits per heavy atom. The van der Waals surface area contributed by atoms with Crippen molar-refractivity contribution in [1.29, 1.82) is 0 Å². The summed E-state index contributed by atoms with van der Waals surface area (Å²) in [6.45, 7) is 4.46. The zero-order valence-electron chi connectivity index (χ0n) is 17.3. The van der Waals surface area contributed by atoms with Crippen molar-refractivity contribution < 1.29 is 28.3 Å². The number of benzene rings is 1. The fraction of sp³-hybridized carbons (Fsp3) is 0.500. The van der Waals surface area contributed by atoms with E-state index in [1.807, 2.05) is 13.8 Å². The molecule has 3 atom stereocenters. The van der Waals surface area contributed by atoms with Crippen molar-refractivity contribution in [2.45, 2.75) is 44.9 Å². The van der Waals surface area contributed by atoms with Gasteiger partial charge in [0.25, 0.3) is 5.91 Å². The second kappa shape index (κ2) is 8.10. The van der Waals surface area contributed by atoms with Crippen LogP contribution in [0.25, 0.3) is 11.0 Å². The summed E-state index contributed by atoms with van der Waals surface area (Å²) in [6, 6.07) is 5.61. The Kier molecular flexibility index (Phi) is 5.51. The Hall–Kier alpha value is -2.87. The number of ketones is 1. The minimum Gasteiger partial charge on any atom is -0.497 e. The predicted octanol–water partition coefficient (Wildman–Crippen LogP) is 2.15. The van der Waals surface area contributed by atoms with Gasteiger partial charge in [0.2, 0.25) is 5.91 Å². The number of Topliss-reactive ketones (excluding diaryl/α,β-unsaturated/α-hetero) is 1. The lowest BCUT2D eigenvalue weighted by Gasteiger charge is -2.28. The number of fused-ring (bicyclic) bond motifs is 2. The van der Waals surface area contributed by atoms with E-state index < -0.39 is 18.0 Å². The first kappa shape index (κ1) is 20.4. The molecular weight excluding hydrogens is 388 g/mol. The number of hydrogen-bond acceptors (Lipinski definition) is 6. The van der Waals surface area contributed by atoms with Crippen molar-refractivity contribution in [3.8, 4) is 5.75 Å². The molecule has 0 unspecified atom stereocenters. The van der Waals surface area contributed by atoms with Crippen LogP contribution in [-0.4, -0.2) is 60.9 Å². The van der Waals surface area contributed by atoms with Crippen LogP contribution in [0.1, 0.15) is 37.2 Å². The second-order valence-corrected chi connectivity index (χ2v) is 8.25. The molecule has 1 aromatic carbocycles. The zero-order chi connectivity index (χ0) is 21.4. The summed E-state index contributed by atoms with van der Waals surface area (Å²) in [4.78, 5) is 39.9. The molecule has 8 nitrogen and oxygen atoms in total. The molecule has 0 saturated carbocycles. The summed E-state index contributed by atoms with van der Waals surface area (Å²) in [5.41, 5.74) is 0.559. The number of ether oxygens (including phenoxy) is 2. The van der Waals surface area contributed by atoms with Crippen LogP contribution in [0.4, 0.5) is 0 Å². The Morgan fingerprint density at radius 2 is 2.10 bits per heavy atom. The molecule has 2 saturated heterocycles. The van der Waals surface area contributed by atoms with Gasteiger partial charge in [0.05, 0.1) is 13.2 Å². The third-order valence-electron chi connectivity index (χ3n) is 5.65. The van der Waals surface area contributed by atoms with Crippen molar-refractivity contribution in [3.63, 3.8) is 0 Å². The summed E-state index contributed by atoms with van der Waals surface area (Å²) in [6.07, 6.45) is 0.861. The minimum absolute atomic E-state index is 0.0444. The van der Waals surface area contributed by atoms with E-state index in [1.54, 1.807) is 36.3 Å². The standard InChI is InChI=1S/C22H26N2O6/c1-12(2)8-15(22(27)24-7-6-18-20(24)16(25)11-29-18)23-21(26)19-10-13-9-14(28-3)4-5-17(13)30-19/h4-5,9-10,12,15,18,20H,6-8,11H2,1-3H3,(H,23,26)/t15-,18+,20+/m0/s1. The average Bonchev–Trinajstić information content (AvgIpc) is 3.42. The molecular formula is C22H26N2O6. The SMILES string of the molecule is COc1ccc2oc(C(=O)N[C@@H](CC(C)C)C(=O)N3CC[C@H]4OCC(=O)[C@H]43)cc2c1. The molecule has 2 fully saturated rings. The highest BCUT2D eigenvalue weighted by Gasteiger charge is 2.48. The van der Waals surface area contributed by atoms with E-state index in [-0.39, 0.29) is 36.1 Å². The highest BCUT2D eigenvalue weighted by Crippen LogP contribution is 2.28. The Labute approximate surface area is 174 Å². The van der Waals surface area contributed by atoms with Gasteiger partial charge in [-0.2, -0.15) is 0 Å². The highest BCUT2D eigenvalue weighted by molar-refractivity contribution is 6.00. The summed E-state index contributed by atoms with van der Waals surface area (Å²) < 4.78 is 16.3. The van der Waals surface area contributed by atoms with E-state index in [4.69, 9.17) is 13.9 Å². The molecule has 2 aliphatic heterocycles. The van der Waals surface area contributed by atoms with E-state index >= 15 is 0 Å². The molecule has 2 aliphatic rings. The molecule has 0 radical (unpaired) electrons. The van der Waals surface area contributed by atoms with Crippen LogP contribution >= 0.6 is 0 Å². The number of carbonyl (C=O) groups is 3. The van der Waals surface area contributed by atoms with Gasteiger partial charge in [-0.15, -0.1) is 0 Å². The molecule has 2 aromatic rings. The number of nitrogens with zero attached hydrogens (tertiary/aromatic N) is 1. The van der Waals surface area contributed by atoms with Crippen molar-refractivity contribution in [3.05, 3.63) is 30.0 Å². The van der Waals surface area contributed by atoms with Gasteiger partial charge in [-0.3, -0.25) is 14.4 Å². The minimum atomic E-state index is -0.743. The largest absolute Gasteiger partial charge is 0.497 e. The van der Waals surface area contributed by atoms with Crippen molar-refractivity contribution in [2.75, 3.05) is 20.3 Å². The van der Waals surface area contributed by atoms with Gasteiger partial charge in [-0.1, -0.05) is 13.8 Å². The van der Waals surface area contributed by atoms with E-state index in [9.17, 15) is 14.4 Å². The molecule has 8 heteroatoms. The average molecular weight is 414 g/mol. The molecule has 2 amide bonds. The molecule has 3 heterocycles. The quantitative estimate of drug-likeness (QED) is 0.778. The van der Waals surface area contributed by atoms with Crippen LogP contribution in [0.5, 0.6) is 5.75 Å². The van der Waals surface area contributed by atoms with Gasteiger partial charge < -0.3 is 24.1 Å². The second-order valence-electron chi connectivity index (χ2n) is 8.25. The zero-order valence-corrected chi connectivity index (χ0v) is 17.3. The van der Waals surface area contributed by atoms with E-state index in [2.05, 4.69) is 5.32 Å². The van der Waals surface area contributed by atoms with Gasteiger partial charge in [0, 0.05) is 11.9 Å². The molecule has 0 aliphatic carbocycles. The lowest BCUT2D eigenvalue weighted by atomic mass is 10.0. The number of likely N-dealkylation sites (tertiary alicyclic amines) is 1. The number of rotatable bonds is 6. The Morgan fingerprint density at radius 3 is 2.83 bits per heavy atom. The van der Waals surface area contributed by atoms with E-state index in [1.165, 1.54) is 0 Å². The third-order valence-corrected chi connectivity index (χ3v) is 5.65. The predicted molar refractivity (Wildman–Crippen MR) is 108 cm³/mol. The summed E-state index contributed by atoms with van der Waals surface area (Å²) in [7, 11) is 1.57. The summed E-state index contributed by atoms with van der Waals surface area (Å²) in [5, 5.41) is 3.56. The summed E-state index contributed by atoms with van der Waals surface area (Å²) in [5.74, 6) is 0.171. The maximum atomic E-state index is 13.2. The maximum absolute atomic E-state index is 13.2. The van der Waals surface area contributed by atoms with Crippen LogP contribution in [0, 0.1) is 5.92 Å². The van der Waals surface area contributed by atoms with E-state index in [0.29, 0.717) is 30.7 Å². The van der Waals surface area contributed by atoms with Crippen LogP contribution in [0.3, 0.4) is 0 Å². The van der Waals surface area contributed by atoms with Gasteiger partial charge in [0.1, 0.15) is 30.0 Å². The van der Waals surface area contributed by atoms with Crippen molar-refractivity contribution in [2.24, 2.45) is 5.92 Å². The van der Waals surface area contributed by atoms with Gasteiger partial charge in [-0.25, -0.2) is 0 Å². The third kappa shape index (κ3) is 3.79. The van der Waals surface area contributed by atoms with Gasteiger partial charge in [-0.05, 0) is 43.0 Å². The van der Waals surface area contributed by atoms with Crippen LogP contribution in [0.2, 0.25) is 0 Å². The maximum Gasteiger partial charge on any atom is 0.287 e. The monoisotopic (exact) mass is 414 g/mol. The lowest BCUT2D eigenvalue weighted by Crippen LogP contribution is -2.52. The first-order valence-corrected chi connectivity index (χ1v) is 10.2. The topological polar surface area (TPSA) is 98.1 Å². The van der Waals surface area contributed by atoms with Gasteiger partial charge >= 0.3 is 0 Å². The van der Waals surface area contributed by atoms with Crippen molar-refractivity contribution >= 4 is 28.6 Å². The normalized spacial score (nSPS) is 21.9. The molecule has 4 rings (SSSR count). The number of furan rings is 1. The Bertz CT molecular complexity index is 981. The lowest BCUT2D eigenvalue weighted by molar-refractivity contribution is -0.138. The first-order chi connectivity index (χ1) is 14.4. The number of nitrogens with one attached hydrogen (secondary N) is 1. The van der Waals surface area contributed by atoms with Crippen LogP contribution in [0.15, 0.2) is 28.7 Å². The van der Waals surface area contributed by atoms with Gasteiger partial charge in [0.15, 0.2) is 11.5 Å². The van der Waals surface area contributed by atoms with E-state index in [0.717, 1.165) is 5.39 Å². The Balaban J connectivity index is 1.53. The molecule has 1 N–H and O–H groups in total. The number of hydrogen-bond donors (Lipinski definition) is 1. The first-order valence-electron chi connectivity index (χ1n) is 10.2. The number of amides is 2. The van der Waals surface area contributed by atoms with Crippen molar-refractivity contribution in [1.82, 2.24) is 10.2 Å². The number of carbonyl (C=O) groups excluding carboxylic acids is 3. The fourth-order valence-electron chi connectivity index (χ4n) is 4.22. The van der Waals surface area contributed by atoms with Crippen LogP contribution in [-0.2, 0) is 14.3 Å². The molecule has 30 heavy (non-hydrogen) atoms.